The molecule has 3 nitrogen and oxygen atoms in total. The van der Waals surface area contributed by atoms with Gasteiger partial charge in [-0.25, -0.2) is 0 Å². The van der Waals surface area contributed by atoms with Gasteiger partial charge in [-0.05, 0) is 25.8 Å². The highest BCUT2D eigenvalue weighted by Crippen LogP contribution is 2.12. The van der Waals surface area contributed by atoms with E-state index in [-0.39, 0.29) is 12.2 Å². The molecule has 0 aliphatic carbocycles. The van der Waals surface area contributed by atoms with Crippen molar-refractivity contribution in [3.63, 3.8) is 0 Å². The summed E-state index contributed by atoms with van der Waals surface area (Å²) >= 11 is 0. The fraction of sp³-hybridized carbons (Fsp3) is 1.00. The molecular weight excluding hydrogens is 310 g/mol. The van der Waals surface area contributed by atoms with Gasteiger partial charge in [0.1, 0.15) is 0 Å². The lowest BCUT2D eigenvalue weighted by molar-refractivity contribution is 0.0612. The van der Waals surface area contributed by atoms with Crippen LogP contribution in [-0.2, 0) is 0 Å². The highest BCUT2D eigenvalue weighted by Gasteiger charge is 2.14. The molecule has 2 atom stereocenters. The van der Waals surface area contributed by atoms with Gasteiger partial charge in [0.25, 0.3) is 0 Å². The predicted molar refractivity (Wildman–Crippen MR) is 110 cm³/mol. The maximum absolute atomic E-state index is 10.1. The maximum Gasteiger partial charge on any atom is 0.0667 e. The number of hydrogen-bond acceptors (Lipinski definition) is 3. The first-order valence-electron chi connectivity index (χ1n) is 11.2. The third-order valence-corrected chi connectivity index (χ3v) is 5.01. The zero-order valence-corrected chi connectivity index (χ0v) is 17.5. The molecule has 2 N–H and O–H groups in total. The fourth-order valence-electron chi connectivity index (χ4n) is 3.53. The lowest BCUT2D eigenvalue weighted by Crippen LogP contribution is -2.38. The summed E-state index contributed by atoms with van der Waals surface area (Å²) < 4.78 is 0. The second kappa shape index (κ2) is 18.7. The Morgan fingerprint density at radius 3 is 1.36 bits per heavy atom. The number of rotatable bonds is 19. The van der Waals surface area contributed by atoms with E-state index in [0.717, 1.165) is 32.2 Å². The van der Waals surface area contributed by atoms with Gasteiger partial charge in [-0.2, -0.15) is 0 Å². The molecule has 0 fully saturated rings. The van der Waals surface area contributed by atoms with E-state index in [1.807, 2.05) is 0 Å². The molecule has 0 aliphatic heterocycles. The average Bonchev–Trinajstić information content (AvgIpc) is 2.56. The fourth-order valence-corrected chi connectivity index (χ4v) is 3.53. The van der Waals surface area contributed by atoms with E-state index >= 15 is 0 Å². The van der Waals surface area contributed by atoms with Crippen molar-refractivity contribution in [2.75, 3.05) is 19.6 Å². The van der Waals surface area contributed by atoms with Gasteiger partial charge >= 0.3 is 0 Å². The maximum atomic E-state index is 10.1. The van der Waals surface area contributed by atoms with Crippen LogP contribution in [0.1, 0.15) is 111 Å². The highest BCUT2D eigenvalue weighted by atomic mass is 16.3. The first-order chi connectivity index (χ1) is 12.1. The van der Waals surface area contributed by atoms with Crippen LogP contribution in [-0.4, -0.2) is 47.0 Å². The largest absolute Gasteiger partial charge is 0.392 e. The van der Waals surface area contributed by atoms with Crippen molar-refractivity contribution >= 4 is 0 Å². The van der Waals surface area contributed by atoms with E-state index in [1.54, 1.807) is 0 Å². The first kappa shape index (κ1) is 24.9. The molecular formula is C22H47NO2. The Bertz CT molecular complexity index is 246. The van der Waals surface area contributed by atoms with E-state index < -0.39 is 0 Å². The molecule has 0 saturated carbocycles. The van der Waals surface area contributed by atoms with Gasteiger partial charge in [-0.1, -0.05) is 91.4 Å². The number of hydrogen-bond donors (Lipinski definition) is 2. The van der Waals surface area contributed by atoms with Crippen molar-refractivity contribution < 1.29 is 10.2 Å². The number of aliphatic hydroxyl groups excluding tert-OH is 2. The van der Waals surface area contributed by atoms with Crippen LogP contribution < -0.4 is 0 Å². The lowest BCUT2D eigenvalue weighted by atomic mass is 10.1. The smallest absolute Gasteiger partial charge is 0.0667 e. The van der Waals surface area contributed by atoms with E-state index in [0.29, 0.717) is 13.1 Å². The van der Waals surface area contributed by atoms with Crippen LogP contribution in [0.5, 0.6) is 0 Å². The van der Waals surface area contributed by atoms with E-state index in [4.69, 9.17) is 0 Å². The summed E-state index contributed by atoms with van der Waals surface area (Å²) in [5.74, 6) is 0. The number of aliphatic hydroxyl groups is 2. The second-order valence-electron chi connectivity index (χ2n) is 7.83. The molecule has 0 bridgehead atoms. The van der Waals surface area contributed by atoms with Gasteiger partial charge in [0.2, 0.25) is 0 Å². The zero-order valence-electron chi connectivity index (χ0n) is 17.5. The Morgan fingerprint density at radius 1 is 0.560 bits per heavy atom. The number of nitrogens with zero attached hydrogens (tertiary/aromatic N) is 1. The van der Waals surface area contributed by atoms with Crippen LogP contribution in [0.25, 0.3) is 0 Å². The molecule has 0 aliphatic rings. The van der Waals surface area contributed by atoms with Crippen molar-refractivity contribution in [3.8, 4) is 0 Å². The monoisotopic (exact) mass is 357 g/mol. The minimum Gasteiger partial charge on any atom is -0.392 e. The van der Waals surface area contributed by atoms with E-state index in [9.17, 15) is 10.2 Å². The van der Waals surface area contributed by atoms with Gasteiger partial charge in [0.15, 0.2) is 0 Å². The van der Waals surface area contributed by atoms with Gasteiger partial charge in [0.05, 0.1) is 12.2 Å². The van der Waals surface area contributed by atoms with Gasteiger partial charge < -0.3 is 10.2 Å². The van der Waals surface area contributed by atoms with E-state index in [1.165, 1.54) is 64.2 Å². The summed E-state index contributed by atoms with van der Waals surface area (Å²) in [7, 11) is 0. The Kier molecular flexibility index (Phi) is 18.6. The van der Waals surface area contributed by atoms with Gasteiger partial charge in [0, 0.05) is 13.1 Å². The standard InChI is InChI=1S/C22H47NO2/c1-4-7-8-9-10-11-12-13-14-15-18-23(19-21(24)16-5-2)20-22(25)17-6-3/h21-22,24-25H,4-20H2,1-3H3. The van der Waals surface area contributed by atoms with Crippen molar-refractivity contribution in [1.82, 2.24) is 4.90 Å². The molecule has 0 aromatic carbocycles. The molecule has 0 rings (SSSR count). The molecule has 0 amide bonds. The molecule has 3 heteroatoms. The summed E-state index contributed by atoms with van der Waals surface area (Å²) in [6.45, 7) is 8.94. The van der Waals surface area contributed by atoms with Crippen LogP contribution in [0.3, 0.4) is 0 Å². The Hall–Kier alpha value is -0.120. The molecule has 0 saturated heterocycles. The minimum atomic E-state index is -0.248. The molecule has 0 aromatic rings. The quantitative estimate of drug-likeness (QED) is 0.299. The van der Waals surface area contributed by atoms with Crippen LogP contribution in [0.15, 0.2) is 0 Å². The molecule has 152 valence electrons. The third-order valence-electron chi connectivity index (χ3n) is 5.01. The molecule has 2 unspecified atom stereocenters. The first-order valence-corrected chi connectivity index (χ1v) is 11.2. The van der Waals surface area contributed by atoms with Crippen LogP contribution in [0.4, 0.5) is 0 Å². The highest BCUT2D eigenvalue weighted by molar-refractivity contribution is 4.69. The lowest BCUT2D eigenvalue weighted by Gasteiger charge is -2.27. The summed E-state index contributed by atoms with van der Waals surface area (Å²) in [6, 6.07) is 0. The van der Waals surface area contributed by atoms with Crippen molar-refractivity contribution in [2.45, 2.75) is 123 Å². The van der Waals surface area contributed by atoms with Crippen LogP contribution in [0.2, 0.25) is 0 Å². The average molecular weight is 358 g/mol. The molecule has 0 spiro atoms. The molecule has 0 aromatic heterocycles. The minimum absolute atomic E-state index is 0.248. The normalized spacial score (nSPS) is 14.2. The van der Waals surface area contributed by atoms with Crippen LogP contribution >= 0.6 is 0 Å². The summed E-state index contributed by atoms with van der Waals surface area (Å²) in [5, 5.41) is 20.2. The van der Waals surface area contributed by atoms with E-state index in [2.05, 4.69) is 25.7 Å². The topological polar surface area (TPSA) is 43.7 Å². The molecule has 25 heavy (non-hydrogen) atoms. The van der Waals surface area contributed by atoms with Gasteiger partial charge in [-0.3, -0.25) is 4.90 Å². The van der Waals surface area contributed by atoms with Crippen molar-refractivity contribution in [1.29, 1.82) is 0 Å². The summed E-state index contributed by atoms with van der Waals surface area (Å²) in [4.78, 5) is 2.28. The SMILES string of the molecule is CCCCCCCCCCCCN(CC(O)CCC)CC(O)CCC. The predicted octanol–water partition coefficient (Wildman–Crippen LogP) is 5.53. The third kappa shape index (κ3) is 17.1. The second-order valence-corrected chi connectivity index (χ2v) is 7.83. The Balaban J connectivity index is 3.81. The van der Waals surface area contributed by atoms with Crippen LogP contribution in [0, 0.1) is 0 Å². The Morgan fingerprint density at radius 2 is 0.960 bits per heavy atom. The van der Waals surface area contributed by atoms with Crippen molar-refractivity contribution in [2.24, 2.45) is 0 Å². The Labute approximate surface area is 158 Å². The van der Waals surface area contributed by atoms with Gasteiger partial charge in [-0.15, -0.1) is 0 Å². The zero-order chi connectivity index (χ0) is 18.8. The number of unbranched alkanes of at least 4 members (excludes halogenated alkanes) is 9. The van der Waals surface area contributed by atoms with Crippen molar-refractivity contribution in [3.05, 3.63) is 0 Å². The molecule has 0 heterocycles. The molecule has 0 radical (unpaired) electrons. The summed E-state index contributed by atoms with van der Waals surface area (Å²) in [5.41, 5.74) is 0. The summed E-state index contributed by atoms with van der Waals surface area (Å²) in [6.07, 6.45) is 16.7.